The Hall–Kier alpha value is -2.70. The number of amides is 1. The maximum atomic E-state index is 11.7. The van der Waals surface area contributed by atoms with Gasteiger partial charge >= 0.3 is 5.97 Å². The zero-order valence-electron chi connectivity index (χ0n) is 9.98. The van der Waals surface area contributed by atoms with Crippen molar-refractivity contribution >= 4 is 11.9 Å². The molecule has 2 aromatic rings. The predicted octanol–water partition coefficient (Wildman–Crippen LogP) is 0.406. The highest BCUT2D eigenvalue weighted by Crippen LogP contribution is 1.97. The van der Waals surface area contributed by atoms with Crippen LogP contribution in [-0.2, 0) is 6.54 Å². The summed E-state index contributed by atoms with van der Waals surface area (Å²) >= 11 is 0. The third-order valence-corrected chi connectivity index (χ3v) is 2.42. The Bertz CT molecular complexity index is 580. The summed E-state index contributed by atoms with van der Waals surface area (Å²) in [7, 11) is 0. The third-order valence-electron chi connectivity index (χ3n) is 2.42. The Kier molecular flexibility index (Phi) is 3.87. The Morgan fingerprint density at radius 2 is 2.00 bits per heavy atom. The number of carboxylic acid groups (broad SMARTS) is 1. The van der Waals surface area contributed by atoms with Crippen LogP contribution in [0.4, 0.5) is 0 Å². The molecule has 0 saturated heterocycles. The van der Waals surface area contributed by atoms with Gasteiger partial charge in [-0.15, -0.1) is 5.10 Å². The summed E-state index contributed by atoms with van der Waals surface area (Å²) in [5, 5.41) is 18.5. The molecule has 0 aliphatic carbocycles. The number of aromatic nitrogens is 3. The summed E-state index contributed by atoms with van der Waals surface area (Å²) < 4.78 is 1.37. The van der Waals surface area contributed by atoms with Gasteiger partial charge in [0.2, 0.25) is 0 Å². The number of nitrogens with zero attached hydrogens (tertiary/aromatic N) is 3. The van der Waals surface area contributed by atoms with Gasteiger partial charge in [-0.25, -0.2) is 9.48 Å². The molecule has 2 N–H and O–H groups in total. The van der Waals surface area contributed by atoms with Crippen LogP contribution in [0, 0.1) is 0 Å². The lowest BCUT2D eigenvalue weighted by Gasteiger charge is -2.04. The smallest absolute Gasteiger partial charge is 0.358 e. The van der Waals surface area contributed by atoms with E-state index in [4.69, 9.17) is 5.11 Å². The predicted molar refractivity (Wildman–Crippen MR) is 65.8 cm³/mol. The van der Waals surface area contributed by atoms with E-state index in [2.05, 4.69) is 15.6 Å². The van der Waals surface area contributed by atoms with Crippen LogP contribution in [0.15, 0.2) is 36.5 Å². The van der Waals surface area contributed by atoms with Crippen molar-refractivity contribution in [3.63, 3.8) is 0 Å². The van der Waals surface area contributed by atoms with E-state index in [0.29, 0.717) is 18.7 Å². The summed E-state index contributed by atoms with van der Waals surface area (Å²) in [6.07, 6.45) is 1.32. The summed E-state index contributed by atoms with van der Waals surface area (Å²) in [6, 6.07) is 8.83. The largest absolute Gasteiger partial charge is 0.476 e. The zero-order chi connectivity index (χ0) is 13.7. The Balaban J connectivity index is 1.83. The fourth-order valence-corrected chi connectivity index (χ4v) is 1.48. The standard InChI is InChI=1S/C12H12N4O3/c17-11(9-4-2-1-3-5-9)13-6-7-16-8-10(12(18)19)14-15-16/h1-5,8H,6-7H2,(H,13,17)(H,18,19). The molecule has 0 aliphatic heterocycles. The minimum atomic E-state index is -1.13. The third kappa shape index (κ3) is 3.38. The number of carbonyl (C=O) groups excluding carboxylic acids is 1. The van der Waals surface area contributed by atoms with Gasteiger partial charge in [0.1, 0.15) is 0 Å². The fraction of sp³-hybridized carbons (Fsp3) is 0.167. The second-order valence-electron chi connectivity index (χ2n) is 3.79. The molecule has 0 spiro atoms. The molecule has 0 atom stereocenters. The lowest BCUT2D eigenvalue weighted by molar-refractivity contribution is 0.0690. The average molecular weight is 260 g/mol. The van der Waals surface area contributed by atoms with Gasteiger partial charge in [-0.3, -0.25) is 4.79 Å². The van der Waals surface area contributed by atoms with Gasteiger partial charge < -0.3 is 10.4 Å². The molecule has 1 heterocycles. The van der Waals surface area contributed by atoms with Crippen LogP contribution >= 0.6 is 0 Å². The molecule has 2 rings (SSSR count). The molecule has 1 aromatic heterocycles. The molecule has 7 heteroatoms. The molecule has 7 nitrogen and oxygen atoms in total. The lowest BCUT2D eigenvalue weighted by Crippen LogP contribution is -2.27. The van der Waals surface area contributed by atoms with Gasteiger partial charge in [0.05, 0.1) is 12.7 Å². The van der Waals surface area contributed by atoms with Gasteiger partial charge in [0.25, 0.3) is 5.91 Å². The van der Waals surface area contributed by atoms with E-state index in [-0.39, 0.29) is 11.6 Å². The second-order valence-corrected chi connectivity index (χ2v) is 3.79. The molecule has 1 amide bonds. The number of aromatic carboxylic acids is 1. The van der Waals surface area contributed by atoms with E-state index in [9.17, 15) is 9.59 Å². The molecule has 0 radical (unpaired) electrons. The molecule has 0 fully saturated rings. The van der Waals surface area contributed by atoms with E-state index in [1.165, 1.54) is 10.9 Å². The van der Waals surface area contributed by atoms with E-state index < -0.39 is 5.97 Å². The first-order valence-electron chi connectivity index (χ1n) is 5.63. The number of nitrogens with one attached hydrogen (secondary N) is 1. The van der Waals surface area contributed by atoms with Gasteiger partial charge in [0.15, 0.2) is 5.69 Å². The van der Waals surface area contributed by atoms with Crippen LogP contribution in [0.1, 0.15) is 20.8 Å². The summed E-state index contributed by atoms with van der Waals surface area (Å²) in [5.41, 5.74) is 0.460. The van der Waals surface area contributed by atoms with Gasteiger partial charge in [-0.05, 0) is 12.1 Å². The number of rotatable bonds is 5. The number of hydrogen-bond donors (Lipinski definition) is 2. The van der Waals surface area contributed by atoms with E-state index >= 15 is 0 Å². The van der Waals surface area contributed by atoms with Crippen molar-refractivity contribution in [1.82, 2.24) is 20.3 Å². The first-order valence-corrected chi connectivity index (χ1v) is 5.63. The van der Waals surface area contributed by atoms with Gasteiger partial charge in [-0.2, -0.15) is 0 Å². The number of carboxylic acids is 1. The lowest BCUT2D eigenvalue weighted by atomic mass is 10.2. The normalized spacial score (nSPS) is 10.1. The number of carbonyl (C=O) groups is 2. The van der Waals surface area contributed by atoms with Crippen molar-refractivity contribution in [2.24, 2.45) is 0 Å². The van der Waals surface area contributed by atoms with Crippen molar-refractivity contribution in [3.05, 3.63) is 47.8 Å². The minimum absolute atomic E-state index is 0.116. The molecule has 0 aliphatic rings. The minimum Gasteiger partial charge on any atom is -0.476 e. The van der Waals surface area contributed by atoms with E-state index in [1.54, 1.807) is 24.3 Å². The molecule has 0 saturated carbocycles. The first-order chi connectivity index (χ1) is 9.16. The number of hydrogen-bond acceptors (Lipinski definition) is 4. The van der Waals surface area contributed by atoms with Gasteiger partial charge in [0, 0.05) is 12.1 Å². The van der Waals surface area contributed by atoms with Crippen LogP contribution in [-0.4, -0.2) is 38.5 Å². The van der Waals surface area contributed by atoms with Gasteiger partial charge in [-0.1, -0.05) is 23.4 Å². The summed E-state index contributed by atoms with van der Waals surface area (Å²) in [6.45, 7) is 0.703. The SMILES string of the molecule is O=C(NCCn1cc(C(=O)O)nn1)c1ccccc1. The fourth-order valence-electron chi connectivity index (χ4n) is 1.48. The van der Waals surface area contributed by atoms with Crippen LogP contribution in [0.25, 0.3) is 0 Å². The topological polar surface area (TPSA) is 97.1 Å². The van der Waals surface area contributed by atoms with Crippen LogP contribution in [0.5, 0.6) is 0 Å². The molecular formula is C12H12N4O3. The Labute approximate surface area is 108 Å². The van der Waals surface area contributed by atoms with E-state index in [0.717, 1.165) is 0 Å². The van der Waals surface area contributed by atoms with Crippen LogP contribution in [0.3, 0.4) is 0 Å². The first kappa shape index (κ1) is 12.7. The highest BCUT2D eigenvalue weighted by atomic mass is 16.4. The zero-order valence-corrected chi connectivity index (χ0v) is 9.98. The molecule has 19 heavy (non-hydrogen) atoms. The Morgan fingerprint density at radius 1 is 1.26 bits per heavy atom. The quantitative estimate of drug-likeness (QED) is 0.811. The van der Waals surface area contributed by atoms with Crippen LogP contribution < -0.4 is 5.32 Å². The van der Waals surface area contributed by atoms with Crippen LogP contribution in [0.2, 0.25) is 0 Å². The number of benzene rings is 1. The van der Waals surface area contributed by atoms with Crippen molar-refractivity contribution in [1.29, 1.82) is 0 Å². The maximum absolute atomic E-state index is 11.7. The molecule has 0 bridgehead atoms. The highest BCUT2D eigenvalue weighted by molar-refractivity contribution is 5.94. The molecule has 0 unspecified atom stereocenters. The van der Waals surface area contributed by atoms with E-state index in [1.807, 2.05) is 6.07 Å². The maximum Gasteiger partial charge on any atom is 0.358 e. The summed E-state index contributed by atoms with van der Waals surface area (Å²) in [5.74, 6) is -1.31. The summed E-state index contributed by atoms with van der Waals surface area (Å²) in [4.78, 5) is 22.3. The highest BCUT2D eigenvalue weighted by Gasteiger charge is 2.08. The van der Waals surface area contributed by atoms with Crippen molar-refractivity contribution in [3.8, 4) is 0 Å². The molecular weight excluding hydrogens is 248 g/mol. The molecule has 1 aromatic carbocycles. The van der Waals surface area contributed by atoms with Crippen molar-refractivity contribution in [2.45, 2.75) is 6.54 Å². The average Bonchev–Trinajstić information content (AvgIpc) is 2.89. The van der Waals surface area contributed by atoms with Crippen molar-refractivity contribution < 1.29 is 14.7 Å². The molecule has 98 valence electrons. The monoisotopic (exact) mass is 260 g/mol. The Morgan fingerprint density at radius 3 is 2.63 bits per heavy atom. The van der Waals surface area contributed by atoms with Crippen molar-refractivity contribution in [2.75, 3.05) is 6.54 Å². The second kappa shape index (κ2) is 5.76.